The lowest BCUT2D eigenvalue weighted by atomic mass is 10.0. The smallest absolute Gasteiger partial charge is 0.246 e. The fourth-order valence-electron chi connectivity index (χ4n) is 1.25. The molecule has 0 aromatic carbocycles. The first-order valence-electron chi connectivity index (χ1n) is 4.79. The Labute approximate surface area is 83.8 Å². The normalized spacial score (nSPS) is 22.1. The molecule has 78 valence electrons. The fourth-order valence-corrected chi connectivity index (χ4v) is 1.25. The van der Waals surface area contributed by atoms with Gasteiger partial charge in [-0.05, 0) is 12.8 Å². The highest BCUT2D eigenvalue weighted by Crippen LogP contribution is 2.10. The van der Waals surface area contributed by atoms with Gasteiger partial charge in [-0.15, -0.1) is 0 Å². The van der Waals surface area contributed by atoms with Crippen molar-refractivity contribution in [3.63, 3.8) is 0 Å². The monoisotopic (exact) mass is 196 g/mol. The van der Waals surface area contributed by atoms with E-state index in [0.717, 1.165) is 12.1 Å². The fraction of sp³-hybridized carbons (Fsp3) is 0.600. The third kappa shape index (κ3) is 2.58. The minimum atomic E-state index is -0.393. The highest BCUT2D eigenvalue weighted by atomic mass is 16.2. The average Bonchev–Trinajstić information content (AvgIpc) is 2.09. The van der Waals surface area contributed by atoms with Crippen molar-refractivity contribution in [2.45, 2.75) is 32.7 Å². The van der Waals surface area contributed by atoms with Gasteiger partial charge < -0.3 is 10.6 Å². The molecule has 0 spiro atoms. The average molecular weight is 196 g/mol. The van der Waals surface area contributed by atoms with Crippen LogP contribution in [0.4, 0.5) is 0 Å². The van der Waals surface area contributed by atoms with Crippen LogP contribution in [0.3, 0.4) is 0 Å². The lowest BCUT2D eigenvalue weighted by Crippen LogP contribution is -2.50. The molecular formula is C10H16N2O2. The lowest BCUT2D eigenvalue weighted by molar-refractivity contribution is -0.131. The van der Waals surface area contributed by atoms with Crippen molar-refractivity contribution in [3.8, 4) is 0 Å². The van der Waals surface area contributed by atoms with Crippen molar-refractivity contribution in [1.82, 2.24) is 10.6 Å². The Morgan fingerprint density at radius 1 is 1.64 bits per heavy atom. The molecule has 0 aliphatic carbocycles. The van der Waals surface area contributed by atoms with Crippen LogP contribution < -0.4 is 10.6 Å². The third-order valence-corrected chi connectivity index (χ3v) is 2.19. The quantitative estimate of drug-likeness (QED) is 0.677. The van der Waals surface area contributed by atoms with E-state index >= 15 is 0 Å². The molecule has 1 unspecified atom stereocenters. The van der Waals surface area contributed by atoms with Gasteiger partial charge in [-0.2, -0.15) is 0 Å². The number of hydrogen-bond donors (Lipinski definition) is 2. The van der Waals surface area contributed by atoms with E-state index in [-0.39, 0.29) is 17.7 Å². The van der Waals surface area contributed by atoms with Crippen molar-refractivity contribution in [2.75, 3.05) is 0 Å². The van der Waals surface area contributed by atoms with Crippen LogP contribution in [0.1, 0.15) is 26.7 Å². The summed E-state index contributed by atoms with van der Waals surface area (Å²) in [5.74, 6) is -0.333. The molecule has 1 aliphatic rings. The maximum Gasteiger partial charge on any atom is 0.246 e. The Hall–Kier alpha value is -1.32. The number of allylic oxidation sites excluding steroid dienone is 1. The molecule has 1 fully saturated rings. The number of piperidine rings is 1. The largest absolute Gasteiger partial charge is 0.344 e. The molecule has 1 aliphatic heterocycles. The number of carbonyl (C=O) groups is 2. The molecule has 1 rings (SSSR count). The second-order valence-electron chi connectivity index (χ2n) is 3.85. The standard InChI is InChI=1S/C10H16N2O2/c1-6(2)9(13)12-8-5-4-7(3)11-10(8)14/h6,8H,3-5H2,1-2H3,(H,11,14)(H,12,13). The maximum absolute atomic E-state index is 11.4. The molecule has 1 heterocycles. The molecule has 0 aromatic rings. The van der Waals surface area contributed by atoms with Crippen LogP contribution in [0.5, 0.6) is 0 Å². The summed E-state index contributed by atoms with van der Waals surface area (Å²) in [4.78, 5) is 22.7. The van der Waals surface area contributed by atoms with Crippen LogP contribution in [-0.4, -0.2) is 17.9 Å². The molecule has 1 saturated heterocycles. The van der Waals surface area contributed by atoms with Gasteiger partial charge in [-0.1, -0.05) is 20.4 Å². The molecule has 4 heteroatoms. The third-order valence-electron chi connectivity index (χ3n) is 2.19. The van der Waals surface area contributed by atoms with Gasteiger partial charge >= 0.3 is 0 Å². The second kappa shape index (κ2) is 4.26. The zero-order chi connectivity index (χ0) is 10.7. The topological polar surface area (TPSA) is 58.2 Å². The highest BCUT2D eigenvalue weighted by molar-refractivity contribution is 5.89. The van der Waals surface area contributed by atoms with Crippen molar-refractivity contribution in [2.24, 2.45) is 5.92 Å². The minimum absolute atomic E-state index is 0.0855. The van der Waals surface area contributed by atoms with Crippen molar-refractivity contribution < 1.29 is 9.59 Å². The lowest BCUT2D eigenvalue weighted by Gasteiger charge is -2.24. The highest BCUT2D eigenvalue weighted by Gasteiger charge is 2.25. The zero-order valence-electron chi connectivity index (χ0n) is 8.59. The van der Waals surface area contributed by atoms with E-state index in [0.29, 0.717) is 6.42 Å². The number of amides is 2. The van der Waals surface area contributed by atoms with Crippen molar-refractivity contribution in [1.29, 1.82) is 0 Å². The van der Waals surface area contributed by atoms with Gasteiger partial charge in [0.15, 0.2) is 0 Å². The zero-order valence-corrected chi connectivity index (χ0v) is 8.59. The van der Waals surface area contributed by atoms with E-state index in [1.807, 2.05) is 0 Å². The van der Waals surface area contributed by atoms with Gasteiger partial charge in [0.2, 0.25) is 11.8 Å². The summed E-state index contributed by atoms with van der Waals surface area (Å²) in [6.45, 7) is 7.27. The number of hydrogen-bond acceptors (Lipinski definition) is 2. The summed E-state index contributed by atoms with van der Waals surface area (Å²) in [6.07, 6.45) is 1.37. The van der Waals surface area contributed by atoms with Crippen LogP contribution >= 0.6 is 0 Å². The Morgan fingerprint density at radius 3 is 2.79 bits per heavy atom. The predicted octanol–water partition coefficient (Wildman–Crippen LogP) is 0.551. The van der Waals surface area contributed by atoms with E-state index in [1.165, 1.54) is 0 Å². The van der Waals surface area contributed by atoms with Crippen LogP contribution in [0.15, 0.2) is 12.3 Å². The van der Waals surface area contributed by atoms with E-state index < -0.39 is 6.04 Å². The molecule has 2 N–H and O–H groups in total. The number of carbonyl (C=O) groups excluding carboxylic acids is 2. The Bertz CT molecular complexity index is 271. The van der Waals surface area contributed by atoms with Crippen molar-refractivity contribution >= 4 is 11.8 Å². The van der Waals surface area contributed by atoms with E-state index in [2.05, 4.69) is 17.2 Å². The van der Waals surface area contributed by atoms with E-state index in [4.69, 9.17) is 0 Å². The molecule has 1 atom stereocenters. The van der Waals surface area contributed by atoms with Crippen LogP contribution in [0.25, 0.3) is 0 Å². The van der Waals surface area contributed by atoms with Crippen molar-refractivity contribution in [3.05, 3.63) is 12.3 Å². The van der Waals surface area contributed by atoms with Gasteiger partial charge in [0.1, 0.15) is 6.04 Å². The van der Waals surface area contributed by atoms with Gasteiger partial charge in [0.05, 0.1) is 0 Å². The molecule has 0 radical (unpaired) electrons. The molecule has 0 aromatic heterocycles. The summed E-state index contributed by atoms with van der Waals surface area (Å²) in [6, 6.07) is -0.393. The molecule has 2 amide bonds. The molecule has 0 saturated carbocycles. The van der Waals surface area contributed by atoms with Gasteiger partial charge in [0.25, 0.3) is 0 Å². The van der Waals surface area contributed by atoms with Crippen LogP contribution in [-0.2, 0) is 9.59 Å². The second-order valence-corrected chi connectivity index (χ2v) is 3.85. The minimum Gasteiger partial charge on any atom is -0.344 e. The first kappa shape index (κ1) is 10.8. The van der Waals surface area contributed by atoms with Gasteiger partial charge in [-0.3, -0.25) is 9.59 Å². The SMILES string of the molecule is C=C1CCC(NC(=O)C(C)C)C(=O)N1. The summed E-state index contributed by atoms with van der Waals surface area (Å²) in [7, 11) is 0. The maximum atomic E-state index is 11.4. The molecular weight excluding hydrogens is 180 g/mol. The number of nitrogens with one attached hydrogen (secondary N) is 2. The van der Waals surface area contributed by atoms with E-state index in [9.17, 15) is 9.59 Å². The summed E-state index contributed by atoms with van der Waals surface area (Å²) < 4.78 is 0. The summed E-state index contributed by atoms with van der Waals surface area (Å²) in [5, 5.41) is 5.32. The first-order chi connectivity index (χ1) is 6.50. The molecule has 4 nitrogen and oxygen atoms in total. The Morgan fingerprint density at radius 2 is 2.29 bits per heavy atom. The van der Waals surface area contributed by atoms with Crippen LogP contribution in [0, 0.1) is 5.92 Å². The predicted molar refractivity (Wildman–Crippen MR) is 53.3 cm³/mol. The first-order valence-corrected chi connectivity index (χ1v) is 4.79. The van der Waals surface area contributed by atoms with E-state index in [1.54, 1.807) is 13.8 Å². The van der Waals surface area contributed by atoms with Crippen LogP contribution in [0.2, 0.25) is 0 Å². The molecule has 14 heavy (non-hydrogen) atoms. The van der Waals surface area contributed by atoms with Gasteiger partial charge in [0, 0.05) is 11.6 Å². The Kier molecular flexibility index (Phi) is 3.28. The number of rotatable bonds is 2. The Balaban J connectivity index is 2.49. The molecule has 0 bridgehead atoms. The summed E-state index contributed by atoms with van der Waals surface area (Å²) >= 11 is 0. The summed E-state index contributed by atoms with van der Waals surface area (Å²) in [5.41, 5.74) is 0.727. The van der Waals surface area contributed by atoms with Gasteiger partial charge in [-0.25, -0.2) is 0 Å².